The highest BCUT2D eigenvalue weighted by atomic mass is 35.5. The van der Waals surface area contributed by atoms with Gasteiger partial charge >= 0.3 is 0 Å². The predicted molar refractivity (Wildman–Crippen MR) is 84.1 cm³/mol. The molecule has 0 aliphatic heterocycles. The van der Waals surface area contributed by atoms with E-state index in [2.05, 4.69) is 10.1 Å². The van der Waals surface area contributed by atoms with Gasteiger partial charge in [-0.05, 0) is 49.2 Å². The zero-order valence-electron chi connectivity index (χ0n) is 11.7. The Hall–Kier alpha value is -2.33. The molecule has 0 bridgehead atoms. The van der Waals surface area contributed by atoms with Gasteiger partial charge in [-0.25, -0.2) is 0 Å². The molecule has 2 aromatic carbocycles. The van der Waals surface area contributed by atoms with Gasteiger partial charge < -0.3 is 10.3 Å². The molecule has 0 spiro atoms. The molecule has 0 saturated carbocycles. The number of nitrogens with two attached hydrogens (primary N) is 1. The predicted octanol–water partition coefficient (Wildman–Crippen LogP) is 4.26. The molecule has 4 nitrogen and oxygen atoms in total. The number of halogens is 1. The van der Waals surface area contributed by atoms with Crippen LogP contribution >= 0.6 is 11.6 Å². The van der Waals surface area contributed by atoms with Crippen LogP contribution in [0.15, 0.2) is 40.9 Å². The van der Waals surface area contributed by atoms with Gasteiger partial charge in [0.15, 0.2) is 0 Å². The minimum Gasteiger partial charge on any atom is -0.399 e. The maximum atomic E-state index is 6.15. The SMILES string of the molecule is Cc1cc(N)cc(-c2nc(-c3ccccc3Cl)no2)c1C. The molecule has 106 valence electrons. The summed E-state index contributed by atoms with van der Waals surface area (Å²) in [5.41, 5.74) is 10.3. The number of nitrogens with zero attached hydrogens (tertiary/aromatic N) is 2. The summed E-state index contributed by atoms with van der Waals surface area (Å²) in [5.74, 6) is 0.910. The van der Waals surface area contributed by atoms with Crippen LogP contribution < -0.4 is 5.73 Å². The van der Waals surface area contributed by atoms with Gasteiger partial charge in [0.2, 0.25) is 5.82 Å². The summed E-state index contributed by atoms with van der Waals surface area (Å²) >= 11 is 6.15. The van der Waals surface area contributed by atoms with Crippen molar-refractivity contribution in [3.05, 3.63) is 52.5 Å². The smallest absolute Gasteiger partial charge is 0.258 e. The van der Waals surface area contributed by atoms with Crippen LogP contribution in [0.5, 0.6) is 0 Å². The Balaban J connectivity index is 2.09. The molecule has 0 atom stereocenters. The largest absolute Gasteiger partial charge is 0.399 e. The van der Waals surface area contributed by atoms with E-state index < -0.39 is 0 Å². The highest BCUT2D eigenvalue weighted by Crippen LogP contribution is 2.30. The number of benzene rings is 2. The van der Waals surface area contributed by atoms with E-state index in [0.29, 0.717) is 22.4 Å². The molecule has 3 rings (SSSR count). The molecule has 0 amide bonds. The molecule has 3 aromatic rings. The first-order valence-corrected chi connectivity index (χ1v) is 6.90. The topological polar surface area (TPSA) is 64.9 Å². The average Bonchev–Trinajstić information content (AvgIpc) is 2.92. The van der Waals surface area contributed by atoms with E-state index in [9.17, 15) is 0 Å². The number of anilines is 1. The Morgan fingerprint density at radius 3 is 2.62 bits per heavy atom. The second-order valence-electron chi connectivity index (χ2n) is 4.91. The van der Waals surface area contributed by atoms with Gasteiger partial charge in [0.05, 0.1) is 5.02 Å². The number of aromatic nitrogens is 2. The Kier molecular flexibility index (Phi) is 3.39. The average molecular weight is 300 g/mol. The standard InChI is InChI=1S/C16H14ClN3O/c1-9-7-11(18)8-13(10(9)2)16-19-15(20-21-16)12-5-3-4-6-14(12)17/h3-8H,18H2,1-2H3. The summed E-state index contributed by atoms with van der Waals surface area (Å²) in [4.78, 5) is 4.44. The summed E-state index contributed by atoms with van der Waals surface area (Å²) < 4.78 is 5.38. The maximum absolute atomic E-state index is 6.15. The molecule has 0 saturated heterocycles. The van der Waals surface area contributed by atoms with Crippen LogP contribution in [0.4, 0.5) is 5.69 Å². The minimum atomic E-state index is 0.442. The molecule has 0 radical (unpaired) electrons. The van der Waals surface area contributed by atoms with Gasteiger partial charge in [-0.2, -0.15) is 4.98 Å². The number of nitrogen functional groups attached to an aromatic ring is 1. The Labute approximate surface area is 127 Å². The highest BCUT2D eigenvalue weighted by Gasteiger charge is 2.15. The lowest BCUT2D eigenvalue weighted by Gasteiger charge is -2.06. The fourth-order valence-electron chi connectivity index (χ4n) is 2.19. The number of rotatable bonds is 2. The maximum Gasteiger partial charge on any atom is 0.258 e. The summed E-state index contributed by atoms with van der Waals surface area (Å²) in [6, 6.07) is 11.2. The van der Waals surface area contributed by atoms with Crippen molar-refractivity contribution in [3.8, 4) is 22.8 Å². The van der Waals surface area contributed by atoms with Gasteiger partial charge in [-0.3, -0.25) is 0 Å². The van der Waals surface area contributed by atoms with E-state index in [1.807, 2.05) is 44.2 Å². The molecule has 21 heavy (non-hydrogen) atoms. The van der Waals surface area contributed by atoms with Gasteiger partial charge in [0.25, 0.3) is 5.89 Å². The first-order chi connectivity index (χ1) is 10.1. The van der Waals surface area contributed by atoms with Crippen molar-refractivity contribution < 1.29 is 4.52 Å². The molecule has 1 heterocycles. The second kappa shape index (κ2) is 5.22. The van der Waals surface area contributed by atoms with Crippen molar-refractivity contribution in [3.63, 3.8) is 0 Å². The molecule has 1 aromatic heterocycles. The van der Waals surface area contributed by atoms with Crippen LogP contribution in [-0.2, 0) is 0 Å². The van der Waals surface area contributed by atoms with Crippen molar-refractivity contribution in [2.75, 3.05) is 5.73 Å². The minimum absolute atomic E-state index is 0.442. The first-order valence-electron chi connectivity index (χ1n) is 6.52. The van der Waals surface area contributed by atoms with E-state index in [0.717, 1.165) is 22.3 Å². The Morgan fingerprint density at radius 1 is 1.10 bits per heavy atom. The van der Waals surface area contributed by atoms with Crippen molar-refractivity contribution in [1.29, 1.82) is 0 Å². The number of hydrogen-bond acceptors (Lipinski definition) is 4. The third-order valence-electron chi connectivity index (χ3n) is 3.46. The van der Waals surface area contributed by atoms with E-state index in [1.54, 1.807) is 6.07 Å². The third-order valence-corrected chi connectivity index (χ3v) is 3.79. The van der Waals surface area contributed by atoms with Crippen molar-refractivity contribution >= 4 is 17.3 Å². The molecule has 0 aliphatic carbocycles. The molecular weight excluding hydrogens is 286 g/mol. The lowest BCUT2D eigenvalue weighted by Crippen LogP contribution is -1.93. The summed E-state index contributed by atoms with van der Waals surface area (Å²) in [6.07, 6.45) is 0. The fraction of sp³-hybridized carbons (Fsp3) is 0.125. The van der Waals surface area contributed by atoms with Crippen LogP contribution in [0.3, 0.4) is 0 Å². The van der Waals surface area contributed by atoms with Gasteiger partial charge in [0.1, 0.15) is 0 Å². The van der Waals surface area contributed by atoms with Crippen LogP contribution in [0, 0.1) is 13.8 Å². The number of hydrogen-bond donors (Lipinski definition) is 1. The van der Waals surface area contributed by atoms with E-state index in [4.69, 9.17) is 21.9 Å². The summed E-state index contributed by atoms with van der Waals surface area (Å²) in [6.45, 7) is 4.00. The Bertz CT molecular complexity index is 811. The quantitative estimate of drug-likeness (QED) is 0.718. The molecule has 0 fully saturated rings. The van der Waals surface area contributed by atoms with Crippen LogP contribution in [-0.4, -0.2) is 10.1 Å². The highest BCUT2D eigenvalue weighted by molar-refractivity contribution is 6.33. The van der Waals surface area contributed by atoms with Crippen LogP contribution in [0.25, 0.3) is 22.8 Å². The van der Waals surface area contributed by atoms with E-state index in [1.165, 1.54) is 0 Å². The molecule has 2 N–H and O–H groups in total. The zero-order chi connectivity index (χ0) is 15.0. The second-order valence-corrected chi connectivity index (χ2v) is 5.32. The number of aryl methyl sites for hydroxylation is 1. The van der Waals surface area contributed by atoms with Crippen LogP contribution in [0.2, 0.25) is 5.02 Å². The van der Waals surface area contributed by atoms with Gasteiger partial charge in [-0.1, -0.05) is 28.9 Å². The monoisotopic (exact) mass is 299 g/mol. The molecular formula is C16H14ClN3O. The Morgan fingerprint density at radius 2 is 1.86 bits per heavy atom. The van der Waals surface area contributed by atoms with Gasteiger partial charge in [-0.15, -0.1) is 0 Å². The van der Waals surface area contributed by atoms with Crippen molar-refractivity contribution in [2.24, 2.45) is 0 Å². The first kappa shape index (κ1) is 13.6. The fourth-order valence-corrected chi connectivity index (χ4v) is 2.41. The van der Waals surface area contributed by atoms with Gasteiger partial charge in [0, 0.05) is 16.8 Å². The zero-order valence-corrected chi connectivity index (χ0v) is 12.5. The molecule has 5 heteroatoms. The van der Waals surface area contributed by atoms with Crippen molar-refractivity contribution in [2.45, 2.75) is 13.8 Å². The summed E-state index contributed by atoms with van der Waals surface area (Å²) in [5, 5.41) is 4.60. The molecule has 0 aliphatic rings. The lowest BCUT2D eigenvalue weighted by molar-refractivity contribution is 0.432. The normalized spacial score (nSPS) is 10.8. The van der Waals surface area contributed by atoms with E-state index >= 15 is 0 Å². The molecule has 0 unspecified atom stereocenters. The van der Waals surface area contributed by atoms with E-state index in [-0.39, 0.29) is 0 Å². The van der Waals surface area contributed by atoms with Crippen molar-refractivity contribution in [1.82, 2.24) is 10.1 Å². The summed E-state index contributed by atoms with van der Waals surface area (Å²) in [7, 11) is 0. The lowest BCUT2D eigenvalue weighted by atomic mass is 10.0. The van der Waals surface area contributed by atoms with Crippen LogP contribution in [0.1, 0.15) is 11.1 Å². The third kappa shape index (κ3) is 2.50.